The zero-order valence-corrected chi connectivity index (χ0v) is 17.9. The topological polar surface area (TPSA) is 69.0 Å². The van der Waals surface area contributed by atoms with Crippen molar-refractivity contribution in [3.63, 3.8) is 0 Å². The second kappa shape index (κ2) is 9.80. The summed E-state index contributed by atoms with van der Waals surface area (Å²) >= 11 is 1.45. The fraction of sp³-hybridized carbons (Fsp3) is 0.348. The third kappa shape index (κ3) is 5.21. The van der Waals surface area contributed by atoms with Crippen molar-refractivity contribution in [1.29, 1.82) is 0 Å². The van der Waals surface area contributed by atoms with Gasteiger partial charge in [0.15, 0.2) is 5.16 Å². The number of benzene rings is 2. The Bertz CT molecular complexity index is 967. The van der Waals surface area contributed by atoms with Crippen molar-refractivity contribution in [2.24, 2.45) is 0 Å². The lowest BCUT2D eigenvalue weighted by molar-refractivity contribution is -0.113. The number of amides is 1. The van der Waals surface area contributed by atoms with Gasteiger partial charge in [0.2, 0.25) is 5.91 Å². The van der Waals surface area contributed by atoms with E-state index in [4.69, 9.17) is 4.74 Å². The van der Waals surface area contributed by atoms with Crippen LogP contribution >= 0.6 is 11.8 Å². The van der Waals surface area contributed by atoms with Crippen molar-refractivity contribution >= 4 is 23.4 Å². The van der Waals surface area contributed by atoms with Gasteiger partial charge < -0.3 is 14.6 Å². The second-order valence-electron chi connectivity index (χ2n) is 7.47. The molecule has 0 unspecified atom stereocenters. The van der Waals surface area contributed by atoms with Crippen molar-refractivity contribution in [2.75, 3.05) is 11.1 Å². The molecule has 1 heterocycles. The van der Waals surface area contributed by atoms with Gasteiger partial charge >= 0.3 is 0 Å². The normalized spacial score (nSPS) is 14.4. The zero-order chi connectivity index (χ0) is 20.8. The van der Waals surface area contributed by atoms with E-state index in [1.54, 1.807) is 0 Å². The van der Waals surface area contributed by atoms with Crippen LogP contribution in [0.2, 0.25) is 0 Å². The van der Waals surface area contributed by atoms with Gasteiger partial charge in [0.25, 0.3) is 0 Å². The molecule has 6 nitrogen and oxygen atoms in total. The molecule has 1 saturated carbocycles. The number of hydrogen-bond donors (Lipinski definition) is 1. The van der Waals surface area contributed by atoms with Crippen LogP contribution in [0, 0.1) is 6.92 Å². The largest absolute Gasteiger partial charge is 0.457 e. The van der Waals surface area contributed by atoms with E-state index < -0.39 is 0 Å². The number of rotatable bonds is 7. The van der Waals surface area contributed by atoms with Gasteiger partial charge in [-0.25, -0.2) is 0 Å². The molecule has 2 aromatic carbocycles. The van der Waals surface area contributed by atoms with Gasteiger partial charge in [-0.2, -0.15) is 0 Å². The molecule has 1 N–H and O–H groups in total. The molecule has 0 aliphatic heterocycles. The molecule has 4 rings (SSSR count). The lowest BCUT2D eigenvalue weighted by atomic mass is 9.95. The minimum Gasteiger partial charge on any atom is -0.457 e. The summed E-state index contributed by atoms with van der Waals surface area (Å²) in [4.78, 5) is 12.4. The predicted molar refractivity (Wildman–Crippen MR) is 119 cm³/mol. The summed E-state index contributed by atoms with van der Waals surface area (Å²) < 4.78 is 8.00. The summed E-state index contributed by atoms with van der Waals surface area (Å²) in [7, 11) is 0. The zero-order valence-electron chi connectivity index (χ0n) is 17.1. The second-order valence-corrected chi connectivity index (χ2v) is 8.41. The lowest BCUT2D eigenvalue weighted by Gasteiger charge is -2.24. The van der Waals surface area contributed by atoms with Crippen LogP contribution < -0.4 is 10.1 Å². The number of hydrogen-bond acceptors (Lipinski definition) is 5. The summed E-state index contributed by atoms with van der Waals surface area (Å²) in [6.45, 7) is 1.99. The van der Waals surface area contributed by atoms with Gasteiger partial charge in [-0.15, -0.1) is 10.2 Å². The number of thioether (sulfide) groups is 1. The molecule has 0 bridgehead atoms. The van der Waals surface area contributed by atoms with E-state index in [2.05, 4.69) is 20.1 Å². The average molecular weight is 423 g/mol. The first kappa shape index (κ1) is 20.5. The van der Waals surface area contributed by atoms with Crippen molar-refractivity contribution in [3.8, 4) is 11.5 Å². The molecular formula is C23H26N4O2S. The maximum Gasteiger partial charge on any atom is 0.234 e. The molecule has 156 valence electrons. The monoisotopic (exact) mass is 422 g/mol. The maximum atomic E-state index is 12.4. The fourth-order valence-corrected chi connectivity index (χ4v) is 4.62. The van der Waals surface area contributed by atoms with E-state index in [0.717, 1.165) is 41.0 Å². The Balaban J connectivity index is 1.31. The van der Waals surface area contributed by atoms with Crippen molar-refractivity contribution in [2.45, 2.75) is 50.2 Å². The summed E-state index contributed by atoms with van der Waals surface area (Å²) in [5, 5.41) is 12.3. The number of para-hydroxylation sites is 1. The minimum absolute atomic E-state index is 0.0624. The molecule has 1 aliphatic carbocycles. The minimum atomic E-state index is -0.0624. The molecule has 0 atom stereocenters. The molecule has 1 aromatic heterocycles. The Labute approximate surface area is 181 Å². The summed E-state index contributed by atoms with van der Waals surface area (Å²) in [5.41, 5.74) is 0.742. The first-order valence-electron chi connectivity index (χ1n) is 10.4. The third-order valence-electron chi connectivity index (χ3n) is 5.22. The molecule has 1 fully saturated rings. The van der Waals surface area contributed by atoms with Gasteiger partial charge in [-0.1, -0.05) is 49.2 Å². The molecule has 3 aromatic rings. The van der Waals surface area contributed by atoms with E-state index in [1.807, 2.05) is 61.5 Å². The van der Waals surface area contributed by atoms with E-state index in [1.165, 1.54) is 31.0 Å². The molecule has 0 saturated heterocycles. The van der Waals surface area contributed by atoms with E-state index in [9.17, 15) is 4.79 Å². The maximum absolute atomic E-state index is 12.4. The number of aromatic nitrogens is 3. The number of ether oxygens (including phenoxy) is 1. The van der Waals surface area contributed by atoms with Gasteiger partial charge in [-0.3, -0.25) is 4.79 Å². The highest BCUT2D eigenvalue weighted by Crippen LogP contribution is 2.32. The highest BCUT2D eigenvalue weighted by atomic mass is 32.2. The molecule has 0 radical (unpaired) electrons. The number of carbonyl (C=O) groups is 1. The van der Waals surface area contributed by atoms with Gasteiger partial charge in [-0.05, 0) is 56.2 Å². The van der Waals surface area contributed by atoms with Gasteiger partial charge in [0, 0.05) is 11.7 Å². The van der Waals surface area contributed by atoms with E-state index >= 15 is 0 Å². The Hall–Kier alpha value is -2.80. The van der Waals surface area contributed by atoms with Gasteiger partial charge in [0.1, 0.15) is 17.3 Å². The predicted octanol–water partition coefficient (Wildman–Crippen LogP) is 5.61. The molecule has 0 spiro atoms. The lowest BCUT2D eigenvalue weighted by Crippen LogP contribution is -2.17. The van der Waals surface area contributed by atoms with Crippen molar-refractivity contribution in [3.05, 3.63) is 60.4 Å². The molecule has 7 heteroatoms. The van der Waals surface area contributed by atoms with Crippen LogP contribution in [0.1, 0.15) is 44.0 Å². The smallest absolute Gasteiger partial charge is 0.234 e. The number of nitrogens with zero attached hydrogens (tertiary/aromatic N) is 3. The Morgan fingerprint density at radius 2 is 1.73 bits per heavy atom. The summed E-state index contributed by atoms with van der Waals surface area (Å²) in [6.07, 6.45) is 6.12. The van der Waals surface area contributed by atoms with Crippen LogP contribution in [0.5, 0.6) is 11.5 Å². The van der Waals surface area contributed by atoms with Gasteiger partial charge in [0.05, 0.1) is 5.75 Å². The number of nitrogens with one attached hydrogen (secondary N) is 1. The van der Waals surface area contributed by atoms with E-state index in [0.29, 0.717) is 11.8 Å². The summed E-state index contributed by atoms with van der Waals surface area (Å²) in [5.74, 6) is 2.67. The standard InChI is InChI=1S/C23H26N4O2S/c1-17-25-26-23(27(17)19-8-4-2-5-9-19)30-16-22(28)24-18-12-14-21(15-13-18)29-20-10-6-3-7-11-20/h3,6-7,10-15,19H,2,4-5,8-9,16H2,1H3,(H,24,28). The average Bonchev–Trinajstić information content (AvgIpc) is 3.15. The third-order valence-corrected chi connectivity index (χ3v) is 6.17. The van der Waals surface area contributed by atoms with E-state index in [-0.39, 0.29) is 5.91 Å². The van der Waals surface area contributed by atoms with Crippen LogP contribution in [-0.4, -0.2) is 26.4 Å². The van der Waals surface area contributed by atoms with Crippen LogP contribution in [0.25, 0.3) is 0 Å². The number of carbonyl (C=O) groups excluding carboxylic acids is 1. The quantitative estimate of drug-likeness (QED) is 0.501. The Morgan fingerprint density at radius 1 is 1.03 bits per heavy atom. The van der Waals surface area contributed by atoms with Crippen LogP contribution in [-0.2, 0) is 4.79 Å². The number of anilines is 1. The van der Waals surface area contributed by atoms with Crippen LogP contribution in [0.4, 0.5) is 5.69 Å². The van der Waals surface area contributed by atoms with Crippen LogP contribution in [0.3, 0.4) is 0 Å². The summed E-state index contributed by atoms with van der Waals surface area (Å²) in [6, 6.07) is 17.4. The molecule has 30 heavy (non-hydrogen) atoms. The highest BCUT2D eigenvalue weighted by Gasteiger charge is 2.21. The first-order valence-corrected chi connectivity index (χ1v) is 11.3. The Morgan fingerprint density at radius 3 is 2.47 bits per heavy atom. The SMILES string of the molecule is Cc1nnc(SCC(=O)Nc2ccc(Oc3ccccc3)cc2)n1C1CCCCC1. The highest BCUT2D eigenvalue weighted by molar-refractivity contribution is 7.99. The molecule has 1 amide bonds. The van der Waals surface area contributed by atoms with Crippen molar-refractivity contribution in [1.82, 2.24) is 14.8 Å². The van der Waals surface area contributed by atoms with Crippen LogP contribution in [0.15, 0.2) is 59.8 Å². The first-order chi connectivity index (χ1) is 14.7. The molecule has 1 aliphatic rings. The number of aryl methyl sites for hydroxylation is 1. The Kier molecular flexibility index (Phi) is 6.69. The van der Waals surface area contributed by atoms with Crippen molar-refractivity contribution < 1.29 is 9.53 Å². The molecular weight excluding hydrogens is 396 g/mol. The fourth-order valence-electron chi connectivity index (χ4n) is 3.77.